The molecule has 1 heterocycles. The summed E-state index contributed by atoms with van der Waals surface area (Å²) in [6, 6.07) is 5.18. The lowest BCUT2D eigenvalue weighted by Crippen LogP contribution is -2.32. The summed E-state index contributed by atoms with van der Waals surface area (Å²) in [6.07, 6.45) is 0. The van der Waals surface area contributed by atoms with Gasteiger partial charge in [0.1, 0.15) is 0 Å². The summed E-state index contributed by atoms with van der Waals surface area (Å²) in [4.78, 5) is 0.314. The molecule has 0 aromatic heterocycles. The Bertz CT molecular complexity index is 555. The molecule has 2 N–H and O–H groups in total. The topological polar surface area (TPSA) is 63.4 Å². The van der Waals surface area contributed by atoms with E-state index in [1.807, 2.05) is 19.9 Å². The number of hydrogen-bond donors (Lipinski definition) is 1. The van der Waals surface area contributed by atoms with Gasteiger partial charge in [-0.2, -0.15) is 4.31 Å². The number of halogens is 2. The van der Waals surface area contributed by atoms with Gasteiger partial charge in [0.25, 0.3) is 0 Å². The van der Waals surface area contributed by atoms with Crippen molar-refractivity contribution in [2.45, 2.75) is 24.8 Å². The summed E-state index contributed by atoms with van der Waals surface area (Å²) < 4.78 is 27.1. The lowest BCUT2D eigenvalue weighted by atomic mass is 10.1. The Balaban J connectivity index is 0.00000180. The van der Waals surface area contributed by atoms with Crippen LogP contribution in [0.2, 0.25) is 0 Å². The van der Waals surface area contributed by atoms with Crippen LogP contribution in [-0.2, 0) is 10.0 Å². The Kier molecular flexibility index (Phi) is 5.43. The molecule has 108 valence electrons. The highest BCUT2D eigenvalue weighted by molar-refractivity contribution is 9.10. The van der Waals surface area contributed by atoms with Crippen molar-refractivity contribution < 1.29 is 8.42 Å². The van der Waals surface area contributed by atoms with Gasteiger partial charge in [0.05, 0.1) is 4.90 Å². The van der Waals surface area contributed by atoms with E-state index in [1.165, 1.54) is 4.31 Å². The molecule has 0 aliphatic carbocycles. The van der Waals surface area contributed by atoms with E-state index in [-0.39, 0.29) is 24.4 Å². The third-order valence-corrected chi connectivity index (χ3v) is 6.15. The number of aryl methyl sites for hydroxylation is 1. The molecular weight excluding hydrogens is 352 g/mol. The first kappa shape index (κ1) is 16.9. The Morgan fingerprint density at radius 3 is 2.47 bits per heavy atom. The summed E-state index contributed by atoms with van der Waals surface area (Å²) >= 11 is 3.32. The van der Waals surface area contributed by atoms with Crippen LogP contribution in [0.3, 0.4) is 0 Å². The predicted octanol–water partition coefficient (Wildman–Crippen LogP) is 2.15. The van der Waals surface area contributed by atoms with Gasteiger partial charge in [-0.05, 0) is 46.5 Å². The molecule has 2 atom stereocenters. The number of benzene rings is 1. The van der Waals surface area contributed by atoms with Crippen LogP contribution in [0.25, 0.3) is 0 Å². The van der Waals surface area contributed by atoms with Crippen molar-refractivity contribution in [1.82, 2.24) is 4.31 Å². The molecule has 1 aliphatic rings. The maximum absolute atomic E-state index is 12.5. The largest absolute Gasteiger partial charge is 0.326 e. The summed E-state index contributed by atoms with van der Waals surface area (Å²) in [6.45, 7) is 4.78. The SMILES string of the molecule is Cc1ccc(S(=O)(=O)N2CC(C)C(N)C2)c(Br)c1.Cl. The minimum absolute atomic E-state index is 0. The zero-order chi connectivity index (χ0) is 13.5. The number of nitrogens with zero attached hydrogens (tertiary/aromatic N) is 1. The molecule has 1 saturated heterocycles. The monoisotopic (exact) mass is 368 g/mol. The molecule has 0 amide bonds. The molecule has 2 rings (SSSR count). The van der Waals surface area contributed by atoms with Gasteiger partial charge in [-0.15, -0.1) is 12.4 Å². The fourth-order valence-corrected chi connectivity index (χ4v) is 4.83. The molecule has 1 aliphatic heterocycles. The second-order valence-electron chi connectivity index (χ2n) is 4.90. The second-order valence-corrected chi connectivity index (χ2v) is 7.66. The van der Waals surface area contributed by atoms with E-state index in [2.05, 4.69) is 15.9 Å². The summed E-state index contributed by atoms with van der Waals surface area (Å²) in [5.74, 6) is 0.198. The Morgan fingerprint density at radius 2 is 2.00 bits per heavy atom. The van der Waals surface area contributed by atoms with Crippen LogP contribution >= 0.6 is 28.3 Å². The number of hydrogen-bond acceptors (Lipinski definition) is 3. The maximum atomic E-state index is 12.5. The molecule has 1 aromatic carbocycles. The number of rotatable bonds is 2. The molecule has 1 aromatic rings. The van der Waals surface area contributed by atoms with Crippen LogP contribution in [0.1, 0.15) is 12.5 Å². The number of nitrogens with two attached hydrogens (primary N) is 1. The zero-order valence-corrected chi connectivity index (χ0v) is 14.1. The molecular formula is C12H18BrClN2O2S. The first-order chi connectivity index (χ1) is 8.32. The first-order valence-electron chi connectivity index (χ1n) is 5.84. The average molecular weight is 370 g/mol. The van der Waals surface area contributed by atoms with Crippen molar-refractivity contribution in [2.24, 2.45) is 11.7 Å². The average Bonchev–Trinajstić information content (AvgIpc) is 2.59. The van der Waals surface area contributed by atoms with Crippen molar-refractivity contribution in [3.05, 3.63) is 28.2 Å². The van der Waals surface area contributed by atoms with Crippen molar-refractivity contribution in [3.63, 3.8) is 0 Å². The highest BCUT2D eigenvalue weighted by Gasteiger charge is 2.36. The smallest absolute Gasteiger partial charge is 0.244 e. The lowest BCUT2D eigenvalue weighted by Gasteiger charge is -2.17. The first-order valence-corrected chi connectivity index (χ1v) is 8.07. The fourth-order valence-electron chi connectivity index (χ4n) is 2.10. The van der Waals surface area contributed by atoms with Gasteiger partial charge in [0.15, 0.2) is 0 Å². The summed E-state index contributed by atoms with van der Waals surface area (Å²) in [7, 11) is -3.45. The molecule has 0 radical (unpaired) electrons. The minimum atomic E-state index is -3.45. The van der Waals surface area contributed by atoms with Crippen LogP contribution in [0.5, 0.6) is 0 Å². The van der Waals surface area contributed by atoms with Gasteiger partial charge >= 0.3 is 0 Å². The van der Waals surface area contributed by atoms with E-state index in [0.29, 0.717) is 22.5 Å². The minimum Gasteiger partial charge on any atom is -0.326 e. The van der Waals surface area contributed by atoms with Crippen LogP contribution < -0.4 is 5.73 Å². The van der Waals surface area contributed by atoms with Crippen molar-refractivity contribution in [3.8, 4) is 0 Å². The molecule has 7 heteroatoms. The normalized spacial score (nSPS) is 24.2. The second kappa shape index (κ2) is 6.10. The standard InChI is InChI=1S/C12H17BrN2O2S.ClH/c1-8-3-4-12(10(13)5-8)18(16,17)15-6-9(2)11(14)7-15;/h3-5,9,11H,6-7,14H2,1-2H3;1H. The van der Waals surface area contributed by atoms with Gasteiger partial charge in [0.2, 0.25) is 10.0 Å². The molecule has 4 nitrogen and oxygen atoms in total. The van der Waals surface area contributed by atoms with Crippen molar-refractivity contribution in [1.29, 1.82) is 0 Å². The Morgan fingerprint density at radius 1 is 1.37 bits per heavy atom. The number of sulfonamides is 1. The Hall–Kier alpha value is -0.140. The van der Waals surface area contributed by atoms with Gasteiger partial charge in [-0.25, -0.2) is 8.42 Å². The van der Waals surface area contributed by atoms with E-state index < -0.39 is 10.0 Å². The molecule has 0 spiro atoms. The maximum Gasteiger partial charge on any atom is 0.244 e. The zero-order valence-electron chi connectivity index (χ0n) is 10.8. The summed E-state index contributed by atoms with van der Waals surface area (Å²) in [5, 5.41) is 0. The third-order valence-electron chi connectivity index (χ3n) is 3.34. The summed E-state index contributed by atoms with van der Waals surface area (Å²) in [5.41, 5.74) is 6.91. The van der Waals surface area contributed by atoms with E-state index in [4.69, 9.17) is 5.73 Å². The van der Waals surface area contributed by atoms with Crippen LogP contribution in [0.4, 0.5) is 0 Å². The van der Waals surface area contributed by atoms with Crippen LogP contribution in [-0.4, -0.2) is 31.9 Å². The third kappa shape index (κ3) is 3.31. The lowest BCUT2D eigenvalue weighted by molar-refractivity contribution is 0.464. The van der Waals surface area contributed by atoms with Gasteiger partial charge in [-0.3, -0.25) is 0 Å². The van der Waals surface area contributed by atoms with Crippen LogP contribution in [0.15, 0.2) is 27.6 Å². The highest BCUT2D eigenvalue weighted by atomic mass is 79.9. The Labute approximate surface area is 128 Å². The molecule has 0 saturated carbocycles. The molecule has 1 fully saturated rings. The van der Waals surface area contributed by atoms with Crippen molar-refractivity contribution in [2.75, 3.05) is 13.1 Å². The van der Waals surface area contributed by atoms with Crippen LogP contribution in [0, 0.1) is 12.8 Å². The molecule has 2 unspecified atom stereocenters. The fraction of sp³-hybridized carbons (Fsp3) is 0.500. The quantitative estimate of drug-likeness (QED) is 0.869. The van der Waals surface area contributed by atoms with E-state index in [0.717, 1.165) is 5.56 Å². The molecule has 0 bridgehead atoms. The van der Waals surface area contributed by atoms with Gasteiger partial charge in [0, 0.05) is 23.6 Å². The predicted molar refractivity (Wildman–Crippen MR) is 82.0 cm³/mol. The van der Waals surface area contributed by atoms with E-state index in [9.17, 15) is 8.42 Å². The molecule has 19 heavy (non-hydrogen) atoms. The van der Waals surface area contributed by atoms with Crippen molar-refractivity contribution >= 4 is 38.4 Å². The van der Waals surface area contributed by atoms with E-state index in [1.54, 1.807) is 12.1 Å². The highest BCUT2D eigenvalue weighted by Crippen LogP contribution is 2.29. The van der Waals surface area contributed by atoms with Gasteiger partial charge in [-0.1, -0.05) is 13.0 Å². The van der Waals surface area contributed by atoms with Gasteiger partial charge < -0.3 is 5.73 Å². The van der Waals surface area contributed by atoms with E-state index >= 15 is 0 Å².